The van der Waals surface area contributed by atoms with Crippen molar-refractivity contribution in [2.75, 3.05) is 14.1 Å². The highest BCUT2D eigenvalue weighted by atomic mass is 16.3. The molecule has 4 heterocycles. The van der Waals surface area contributed by atoms with Crippen molar-refractivity contribution in [2.45, 2.75) is 163 Å². The molecule has 0 amide bonds. The highest BCUT2D eigenvalue weighted by molar-refractivity contribution is 6.02. The third kappa shape index (κ3) is 11.0. The van der Waals surface area contributed by atoms with Gasteiger partial charge in [-0.3, -0.25) is 4.98 Å². The van der Waals surface area contributed by atoms with Crippen molar-refractivity contribution in [3.8, 4) is 33.4 Å². The van der Waals surface area contributed by atoms with E-state index in [0.717, 1.165) is 68.5 Å². The van der Waals surface area contributed by atoms with Crippen LogP contribution in [0.4, 0.5) is 17.1 Å². The summed E-state index contributed by atoms with van der Waals surface area (Å²) < 4.78 is 7.28. The minimum Gasteiger partial charge on any atom is -0.393 e. The maximum Gasteiger partial charge on any atom is 0.190 e. The van der Waals surface area contributed by atoms with E-state index in [4.69, 9.17) is 19.7 Å². The zero-order valence-corrected chi connectivity index (χ0v) is 49.4. The van der Waals surface area contributed by atoms with Crippen molar-refractivity contribution >= 4 is 49.8 Å². The van der Waals surface area contributed by atoms with Crippen molar-refractivity contribution in [1.82, 2.24) is 29.3 Å². The Hall–Kier alpha value is -7.78. The summed E-state index contributed by atoms with van der Waals surface area (Å²) in [4.78, 5) is 15.6. The third-order valence-electron chi connectivity index (χ3n) is 18.8. The summed E-state index contributed by atoms with van der Waals surface area (Å²) in [5.74, 6) is 0. The van der Waals surface area contributed by atoms with Gasteiger partial charge in [-0.15, -0.1) is 0 Å². The molecule has 0 aliphatic heterocycles. The van der Waals surface area contributed by atoms with Crippen LogP contribution in [-0.2, 0) is 0 Å². The Bertz CT molecular complexity index is 3780. The first-order valence-corrected chi connectivity index (χ1v) is 29.2. The lowest BCUT2D eigenvalue weighted by Crippen LogP contribution is -2.30. The van der Waals surface area contributed by atoms with E-state index in [1.807, 2.05) is 25.4 Å². The molecule has 3 saturated carbocycles. The monoisotopic (exact) mass is 1070 g/mol. The number of pyridine rings is 1. The summed E-state index contributed by atoms with van der Waals surface area (Å²) in [6.45, 7) is 41.6. The number of fused-ring (bicyclic) bond motifs is 3. The number of nitrogens with zero attached hydrogens (tertiary/aromatic N) is 7. The molecule has 10 nitrogen and oxygen atoms in total. The number of hydrogen-bond donors (Lipinski definition) is 3. The molecule has 81 heavy (non-hydrogen) atoms. The minimum atomic E-state index is -0.197. The van der Waals surface area contributed by atoms with Gasteiger partial charge in [-0.25, -0.2) is 14.5 Å². The molecule has 0 saturated heterocycles. The fourth-order valence-electron chi connectivity index (χ4n) is 13.1. The molecule has 4 aromatic heterocycles. The number of nitrogens with one attached hydrogen (secondary N) is 2. The van der Waals surface area contributed by atoms with E-state index in [0.29, 0.717) is 35.9 Å². The summed E-state index contributed by atoms with van der Waals surface area (Å²) in [5, 5.41) is 20.1. The molecular weight excluding hydrogens is 995 g/mol. The molecule has 12 rings (SSSR count). The molecule has 5 aromatic carbocycles. The lowest BCUT2D eigenvalue weighted by molar-refractivity contribution is 0.0504. The average Bonchev–Trinajstić information content (AvgIpc) is 4.27. The van der Waals surface area contributed by atoms with Gasteiger partial charge >= 0.3 is 0 Å². The molecule has 0 unspecified atom stereocenters. The fraction of sp³-hybridized carbons (Fsp3) is 0.380. The van der Waals surface area contributed by atoms with Gasteiger partial charge in [0.2, 0.25) is 0 Å². The van der Waals surface area contributed by atoms with Crippen LogP contribution in [0.3, 0.4) is 0 Å². The van der Waals surface area contributed by atoms with E-state index in [1.165, 1.54) is 123 Å². The molecule has 0 spiro atoms. The Balaban J connectivity index is 0.000000137. The lowest BCUT2D eigenvalue weighted by atomic mass is 9.89. The quantitative estimate of drug-likeness (QED) is 0.132. The van der Waals surface area contributed by atoms with Crippen LogP contribution in [0.1, 0.15) is 132 Å². The van der Waals surface area contributed by atoms with Crippen LogP contribution in [0.15, 0.2) is 104 Å². The number of aryl methyl sites for hydroxylation is 6. The van der Waals surface area contributed by atoms with Crippen LogP contribution in [0.2, 0.25) is 0 Å². The van der Waals surface area contributed by atoms with Crippen LogP contribution in [0.5, 0.6) is 0 Å². The van der Waals surface area contributed by atoms with Crippen molar-refractivity contribution in [3.63, 3.8) is 0 Å². The van der Waals surface area contributed by atoms with Crippen LogP contribution < -0.4 is 10.6 Å². The molecule has 3 aliphatic rings. The first kappa shape index (κ1) is 56.5. The second-order valence-corrected chi connectivity index (χ2v) is 23.6. The van der Waals surface area contributed by atoms with Crippen molar-refractivity contribution in [1.29, 1.82) is 0 Å². The van der Waals surface area contributed by atoms with Gasteiger partial charge in [0.25, 0.3) is 0 Å². The van der Waals surface area contributed by atoms with Crippen LogP contribution in [-0.4, -0.2) is 56.1 Å². The maximum absolute atomic E-state index is 9.73. The maximum atomic E-state index is 9.73. The molecule has 414 valence electrons. The molecule has 3 aliphatic carbocycles. The smallest absolute Gasteiger partial charge is 0.190 e. The molecule has 0 radical (unpaired) electrons. The molecule has 3 N–H and O–H groups in total. The van der Waals surface area contributed by atoms with Crippen LogP contribution >= 0.6 is 0 Å². The number of hydrogen-bond acceptors (Lipinski definition) is 4. The van der Waals surface area contributed by atoms with Crippen molar-refractivity contribution in [2.24, 2.45) is 0 Å². The normalized spacial score (nSPS) is 19.7. The summed E-state index contributed by atoms with van der Waals surface area (Å²) in [6.07, 6.45) is 21.7. The van der Waals surface area contributed by atoms with E-state index >= 15 is 0 Å². The summed E-state index contributed by atoms with van der Waals surface area (Å²) in [7, 11) is 4.15. The van der Waals surface area contributed by atoms with Gasteiger partial charge in [0, 0.05) is 100.0 Å². The molecule has 0 bridgehead atoms. The second kappa shape index (κ2) is 23.7. The highest BCUT2D eigenvalue weighted by Crippen LogP contribution is 2.45. The van der Waals surface area contributed by atoms with E-state index in [9.17, 15) is 5.11 Å². The molecule has 0 atom stereocenters. The number of aliphatic hydroxyl groups is 1. The van der Waals surface area contributed by atoms with Gasteiger partial charge in [-0.05, 0) is 254 Å². The van der Waals surface area contributed by atoms with Gasteiger partial charge < -0.3 is 29.4 Å². The second-order valence-electron chi connectivity index (χ2n) is 23.6. The van der Waals surface area contributed by atoms with Crippen molar-refractivity contribution < 1.29 is 5.11 Å². The third-order valence-corrected chi connectivity index (χ3v) is 18.8. The summed E-state index contributed by atoms with van der Waals surface area (Å²) >= 11 is 0. The predicted molar refractivity (Wildman–Crippen MR) is 336 cm³/mol. The zero-order valence-electron chi connectivity index (χ0n) is 49.4. The molecule has 9 aromatic rings. The number of benzene rings is 5. The molecule has 3 fully saturated rings. The fourth-order valence-corrected chi connectivity index (χ4v) is 13.1. The topological polar surface area (TPSA) is 85.0 Å². The Morgan fingerprint density at radius 2 is 0.790 bits per heavy atom. The van der Waals surface area contributed by atoms with E-state index in [1.54, 1.807) is 0 Å². The van der Waals surface area contributed by atoms with Crippen LogP contribution in [0.25, 0.3) is 80.6 Å². The highest BCUT2D eigenvalue weighted by Gasteiger charge is 2.31. The Labute approximate surface area is 480 Å². The van der Waals surface area contributed by atoms with Gasteiger partial charge in [-0.2, -0.15) is 0 Å². The Morgan fingerprint density at radius 3 is 1.15 bits per heavy atom. The Kier molecular flexibility index (Phi) is 16.6. The van der Waals surface area contributed by atoms with E-state index < -0.39 is 0 Å². The minimum absolute atomic E-state index is 0.197. The lowest BCUT2D eigenvalue weighted by Gasteiger charge is -2.33. The largest absolute Gasteiger partial charge is 0.393 e. The first-order chi connectivity index (χ1) is 39.0. The molecule has 10 heteroatoms. The predicted octanol–water partition coefficient (Wildman–Crippen LogP) is 17.9. The number of aromatic nitrogens is 4. The average molecular weight is 1070 g/mol. The first-order valence-electron chi connectivity index (χ1n) is 29.2. The van der Waals surface area contributed by atoms with Crippen molar-refractivity contribution in [3.05, 3.63) is 188 Å². The van der Waals surface area contributed by atoms with Gasteiger partial charge in [0.05, 0.1) is 25.8 Å². The Morgan fingerprint density at radius 1 is 0.432 bits per heavy atom. The van der Waals surface area contributed by atoms with Crippen LogP contribution in [0, 0.1) is 82.0 Å². The standard InChI is InChI=1S/2C25H29N3.C21H21N3O/c2*1-16-7-6-8-21(18(16)3)23-15-28(20-11-9-19(26-4)10-12-20)25-13-17(2)24(27-5)14-22(23)25;1-12-5-21-17(8-20(12)22-4)19(11-24(21)15-6-16(25)7-15)18-10-23-9-13(2)14(18)3/h2*6-8,13-15,19-20,26H,9-12H2,1-4H3;5,8-11,15-16,25H,6-7H2,1-3H3. The SMILES string of the molecule is [C-]#[N+]c1cc2c(-c3cccc(C)c3C)cn(C3CCC(NC)CC3)c2cc1C.[C-]#[N+]c1cc2c(-c3cccc(C)c3C)cn(C3CCC(NC)CC3)c2cc1C.[C-]#[N+]c1cc2c(-c3cncc(C)c3C)cn(C3CC(O)C3)c2cc1C. The van der Waals surface area contributed by atoms with E-state index in [2.05, 4.69) is 199 Å². The summed E-state index contributed by atoms with van der Waals surface area (Å²) in [5.41, 5.74) is 24.0. The van der Waals surface area contributed by atoms with Gasteiger partial charge in [-0.1, -0.05) is 36.4 Å². The summed E-state index contributed by atoms with van der Waals surface area (Å²) in [6, 6.07) is 28.5. The van der Waals surface area contributed by atoms with E-state index in [-0.39, 0.29) is 6.10 Å². The zero-order chi connectivity index (χ0) is 57.4. The number of aliphatic hydroxyl groups excluding tert-OH is 1. The number of rotatable bonds is 8. The van der Waals surface area contributed by atoms with Gasteiger partial charge in [0.1, 0.15) is 0 Å². The van der Waals surface area contributed by atoms with Gasteiger partial charge in [0.15, 0.2) is 17.1 Å². The molecular formula is C71H79N9O.